The lowest BCUT2D eigenvalue weighted by Gasteiger charge is -2.49. The molecule has 1 aromatic heterocycles. The Kier molecular flexibility index (Phi) is 6.47. The molecule has 4 aliphatic rings. The van der Waals surface area contributed by atoms with Crippen molar-refractivity contribution in [3.05, 3.63) is 53.9 Å². The lowest BCUT2D eigenvalue weighted by Crippen LogP contribution is -2.62. The third kappa shape index (κ3) is 4.37. The van der Waals surface area contributed by atoms with Crippen LogP contribution in [0.15, 0.2) is 47.7 Å². The van der Waals surface area contributed by atoms with Gasteiger partial charge in [0.2, 0.25) is 6.41 Å². The van der Waals surface area contributed by atoms with Crippen LogP contribution in [-0.2, 0) is 25.7 Å². The molecule has 6 rings (SSSR count). The van der Waals surface area contributed by atoms with E-state index in [1.54, 1.807) is 31.8 Å². The predicted molar refractivity (Wildman–Crippen MR) is 144 cm³/mol. The number of amidine groups is 1. The summed E-state index contributed by atoms with van der Waals surface area (Å²) in [6, 6.07) is 9.41. The summed E-state index contributed by atoms with van der Waals surface area (Å²) in [6.45, 7) is 4.51. The fourth-order valence-electron chi connectivity index (χ4n) is 6.53. The van der Waals surface area contributed by atoms with Gasteiger partial charge in [-0.3, -0.25) is 33.8 Å². The minimum absolute atomic E-state index is 0.110. The van der Waals surface area contributed by atoms with Gasteiger partial charge < -0.3 is 14.5 Å². The number of aliphatic imine (C=N–C) groups is 1. The summed E-state index contributed by atoms with van der Waals surface area (Å²) in [6.07, 6.45) is 6.06. The average molecular weight is 547 g/mol. The summed E-state index contributed by atoms with van der Waals surface area (Å²) in [7, 11) is 1.37. The highest BCUT2D eigenvalue weighted by atomic mass is 16.5. The largest absolute Gasteiger partial charge is 0.469 e. The Labute approximate surface area is 232 Å². The number of methoxy groups -OCH3 is 1. The molecule has 2 aromatic rings. The third-order valence-electron chi connectivity index (χ3n) is 8.93. The van der Waals surface area contributed by atoms with E-state index in [0.29, 0.717) is 63.4 Å². The number of nitrogens with zero attached hydrogens (tertiary/aromatic N) is 6. The molecule has 11 nitrogen and oxygen atoms in total. The highest BCUT2D eigenvalue weighted by molar-refractivity contribution is 6.08. The first-order chi connectivity index (χ1) is 19.3. The van der Waals surface area contributed by atoms with Crippen LogP contribution in [0.2, 0.25) is 0 Å². The molecular weight excluding hydrogens is 512 g/mol. The van der Waals surface area contributed by atoms with Gasteiger partial charge in [-0.15, -0.1) is 0 Å². The Morgan fingerprint density at radius 3 is 2.55 bits per heavy atom. The van der Waals surface area contributed by atoms with Gasteiger partial charge in [0, 0.05) is 50.3 Å². The van der Waals surface area contributed by atoms with E-state index in [4.69, 9.17) is 9.73 Å². The summed E-state index contributed by atoms with van der Waals surface area (Å²) < 4.78 is 6.80. The summed E-state index contributed by atoms with van der Waals surface area (Å²) in [5.74, 6) is -0.154. The van der Waals surface area contributed by atoms with E-state index in [1.807, 2.05) is 37.3 Å². The average Bonchev–Trinajstić information content (AvgIpc) is 3.26. The van der Waals surface area contributed by atoms with Crippen LogP contribution in [0.1, 0.15) is 42.1 Å². The van der Waals surface area contributed by atoms with E-state index in [0.717, 1.165) is 12.0 Å². The number of esters is 1. The lowest BCUT2D eigenvalue weighted by atomic mass is 9.71. The maximum Gasteiger partial charge on any atom is 0.313 e. The molecule has 1 aromatic carbocycles. The second-order valence-electron chi connectivity index (χ2n) is 11.6. The van der Waals surface area contributed by atoms with E-state index in [9.17, 15) is 19.2 Å². The molecule has 210 valence electrons. The summed E-state index contributed by atoms with van der Waals surface area (Å²) >= 11 is 0. The number of hydrogen-bond donors (Lipinski definition) is 0. The Morgan fingerprint density at radius 1 is 1.15 bits per heavy atom. The molecule has 3 amide bonds. The van der Waals surface area contributed by atoms with Crippen molar-refractivity contribution in [1.29, 1.82) is 0 Å². The molecule has 0 bridgehead atoms. The van der Waals surface area contributed by atoms with Gasteiger partial charge in [0.15, 0.2) is 0 Å². The van der Waals surface area contributed by atoms with Crippen molar-refractivity contribution < 1.29 is 23.9 Å². The van der Waals surface area contributed by atoms with Crippen LogP contribution in [-0.4, -0.2) is 100 Å². The minimum atomic E-state index is -0.698. The maximum absolute atomic E-state index is 13.7. The number of amides is 3. The van der Waals surface area contributed by atoms with Crippen molar-refractivity contribution in [2.24, 2.45) is 21.7 Å². The molecule has 2 atom stereocenters. The Morgan fingerprint density at radius 2 is 1.90 bits per heavy atom. The molecule has 1 spiro atoms. The van der Waals surface area contributed by atoms with Crippen LogP contribution >= 0.6 is 0 Å². The quantitative estimate of drug-likeness (QED) is 0.347. The molecule has 11 heteroatoms. The van der Waals surface area contributed by atoms with E-state index in [2.05, 4.69) is 5.10 Å². The molecule has 4 heterocycles. The normalized spacial score (nSPS) is 24.2. The van der Waals surface area contributed by atoms with Crippen LogP contribution in [0.4, 0.5) is 0 Å². The van der Waals surface area contributed by atoms with Crippen LogP contribution in [0, 0.1) is 16.7 Å². The first kappa shape index (κ1) is 26.2. The topological polar surface area (TPSA) is 117 Å². The SMILES string of the molecule is CCC1N=C(C2CN(C(=O)c3cnn(Cc4ccccc4)c3)CC23CN(C=O)C3)N(CC2(C(=O)OC)CC2)C1=O. The van der Waals surface area contributed by atoms with Gasteiger partial charge in [-0.2, -0.15) is 5.10 Å². The number of ether oxygens (including phenoxy) is 1. The molecule has 2 unspecified atom stereocenters. The fraction of sp³-hybridized carbons (Fsp3) is 0.517. The molecule has 1 saturated carbocycles. The molecule has 40 heavy (non-hydrogen) atoms. The van der Waals surface area contributed by atoms with Gasteiger partial charge in [0.05, 0.1) is 30.8 Å². The van der Waals surface area contributed by atoms with Crippen LogP contribution < -0.4 is 0 Å². The molecule has 0 radical (unpaired) electrons. The van der Waals surface area contributed by atoms with Crippen LogP contribution in [0.3, 0.4) is 0 Å². The number of likely N-dealkylation sites (tertiary alicyclic amines) is 2. The zero-order valence-corrected chi connectivity index (χ0v) is 22.9. The van der Waals surface area contributed by atoms with Gasteiger partial charge >= 0.3 is 5.97 Å². The summed E-state index contributed by atoms with van der Waals surface area (Å²) in [5.41, 5.74) is 0.479. The van der Waals surface area contributed by atoms with Crippen molar-refractivity contribution in [1.82, 2.24) is 24.5 Å². The first-order valence-electron chi connectivity index (χ1n) is 13.8. The highest BCUT2D eigenvalue weighted by Gasteiger charge is 2.61. The second kappa shape index (κ2) is 9.87. The number of benzene rings is 1. The van der Waals surface area contributed by atoms with Crippen molar-refractivity contribution in [2.75, 3.05) is 39.8 Å². The molecule has 3 fully saturated rings. The molecular formula is C29H34N6O5. The fourth-order valence-corrected chi connectivity index (χ4v) is 6.53. The smallest absolute Gasteiger partial charge is 0.313 e. The standard InChI is InChI=1S/C29H34N6O5/c1-3-23-26(38)35(18-28(9-10-28)27(39)40-2)24(31-23)22-14-33(17-29(22)15-32(16-29)19-36)25(37)21-11-30-34(13-21)12-20-7-5-4-6-8-20/h4-8,11,13,19,22-23H,3,9-10,12,14-18H2,1-2H3. The van der Waals surface area contributed by atoms with Gasteiger partial charge in [0.1, 0.15) is 11.9 Å². The van der Waals surface area contributed by atoms with Crippen molar-refractivity contribution in [3.8, 4) is 0 Å². The van der Waals surface area contributed by atoms with Crippen molar-refractivity contribution in [3.63, 3.8) is 0 Å². The number of carbonyl (C=O) groups is 4. The zero-order chi connectivity index (χ0) is 28.1. The van der Waals surface area contributed by atoms with Crippen LogP contribution in [0.25, 0.3) is 0 Å². The summed E-state index contributed by atoms with van der Waals surface area (Å²) in [4.78, 5) is 61.3. The lowest BCUT2D eigenvalue weighted by molar-refractivity contribution is -0.148. The number of hydrogen-bond acceptors (Lipinski definition) is 7. The van der Waals surface area contributed by atoms with Crippen molar-refractivity contribution >= 4 is 30.0 Å². The second-order valence-corrected chi connectivity index (χ2v) is 11.6. The van der Waals surface area contributed by atoms with Gasteiger partial charge in [-0.1, -0.05) is 37.3 Å². The number of carbonyl (C=O) groups excluding carboxylic acids is 4. The predicted octanol–water partition coefficient (Wildman–Crippen LogP) is 1.43. The number of aromatic nitrogens is 2. The Balaban J connectivity index is 1.25. The molecule has 1 aliphatic carbocycles. The molecule has 0 N–H and O–H groups in total. The minimum Gasteiger partial charge on any atom is -0.469 e. The van der Waals surface area contributed by atoms with Crippen molar-refractivity contribution in [2.45, 2.75) is 38.8 Å². The third-order valence-corrected chi connectivity index (χ3v) is 8.93. The molecule has 3 aliphatic heterocycles. The van der Waals surface area contributed by atoms with E-state index in [-0.39, 0.29) is 30.2 Å². The van der Waals surface area contributed by atoms with Gasteiger partial charge in [-0.05, 0) is 24.8 Å². The van der Waals surface area contributed by atoms with E-state index in [1.165, 1.54) is 7.11 Å². The zero-order valence-electron chi connectivity index (χ0n) is 22.9. The van der Waals surface area contributed by atoms with Gasteiger partial charge in [-0.25, -0.2) is 0 Å². The van der Waals surface area contributed by atoms with Gasteiger partial charge in [0.25, 0.3) is 11.8 Å². The maximum atomic E-state index is 13.7. The Bertz CT molecular complexity index is 1360. The first-order valence-corrected chi connectivity index (χ1v) is 13.8. The van der Waals surface area contributed by atoms with Crippen LogP contribution in [0.5, 0.6) is 0 Å². The molecule has 2 saturated heterocycles. The monoisotopic (exact) mass is 546 g/mol. The summed E-state index contributed by atoms with van der Waals surface area (Å²) in [5, 5.41) is 4.41. The Hall–Kier alpha value is -4.02. The number of rotatable bonds is 9. The van der Waals surface area contributed by atoms with E-state index < -0.39 is 16.9 Å². The highest BCUT2D eigenvalue weighted by Crippen LogP contribution is 2.50. The van der Waals surface area contributed by atoms with E-state index >= 15 is 0 Å².